The van der Waals surface area contributed by atoms with Crippen LogP contribution in [0.3, 0.4) is 0 Å². The molecule has 1 unspecified atom stereocenters. The van der Waals surface area contributed by atoms with E-state index in [0.29, 0.717) is 18.6 Å². The van der Waals surface area contributed by atoms with Crippen LogP contribution >= 0.6 is 0 Å². The second kappa shape index (κ2) is 5.41. The number of benzene rings is 1. The monoisotopic (exact) mass is 245 g/mol. The summed E-state index contributed by atoms with van der Waals surface area (Å²) >= 11 is 0. The van der Waals surface area contributed by atoms with E-state index in [0.717, 1.165) is 12.6 Å². The van der Waals surface area contributed by atoms with Crippen molar-refractivity contribution in [2.24, 2.45) is 5.92 Å². The molecule has 2 aliphatic heterocycles. The molecule has 0 amide bonds. The van der Waals surface area contributed by atoms with Crippen molar-refractivity contribution < 1.29 is 5.11 Å². The number of hydrogen-bond donors (Lipinski definition) is 1. The van der Waals surface area contributed by atoms with Crippen molar-refractivity contribution in [1.29, 1.82) is 0 Å². The van der Waals surface area contributed by atoms with Crippen LogP contribution < -0.4 is 0 Å². The Balaban J connectivity index is 1.72. The Labute approximate surface area is 110 Å². The van der Waals surface area contributed by atoms with Gasteiger partial charge in [-0.3, -0.25) is 4.90 Å². The number of nitrogens with zero attached hydrogens (tertiary/aromatic N) is 1. The summed E-state index contributed by atoms with van der Waals surface area (Å²) in [5.74, 6) is 0.540. The van der Waals surface area contributed by atoms with Gasteiger partial charge in [0.05, 0.1) is 0 Å². The Morgan fingerprint density at radius 3 is 2.50 bits per heavy atom. The summed E-state index contributed by atoms with van der Waals surface area (Å²) in [4.78, 5) is 2.70. The van der Waals surface area contributed by atoms with E-state index < -0.39 is 0 Å². The molecule has 0 saturated carbocycles. The van der Waals surface area contributed by atoms with Gasteiger partial charge in [0.25, 0.3) is 0 Å². The van der Waals surface area contributed by atoms with Crippen molar-refractivity contribution in [3.8, 4) is 0 Å². The molecule has 0 spiro atoms. The molecule has 1 aromatic rings. The van der Waals surface area contributed by atoms with Gasteiger partial charge in [-0.1, -0.05) is 30.3 Å². The second-order valence-electron chi connectivity index (χ2n) is 5.90. The van der Waals surface area contributed by atoms with Crippen molar-refractivity contribution in [3.05, 3.63) is 35.9 Å². The molecule has 2 saturated heterocycles. The molecule has 3 rings (SSSR count). The number of aliphatic hydroxyl groups excluding tert-OH is 1. The fourth-order valence-electron chi connectivity index (χ4n) is 3.73. The van der Waals surface area contributed by atoms with Gasteiger partial charge in [0.2, 0.25) is 0 Å². The van der Waals surface area contributed by atoms with Crippen LogP contribution in [0.15, 0.2) is 30.3 Å². The average Bonchev–Trinajstić information content (AvgIpc) is 2.66. The summed E-state index contributed by atoms with van der Waals surface area (Å²) in [5, 5.41) is 9.40. The molecule has 0 aliphatic carbocycles. The van der Waals surface area contributed by atoms with Crippen LogP contribution in [0.2, 0.25) is 0 Å². The van der Waals surface area contributed by atoms with Crippen LogP contribution in [-0.4, -0.2) is 28.7 Å². The SMILES string of the molecule is OCC1CC[C@@H]2CC[C@H](C1)N2Cc1ccccc1. The Morgan fingerprint density at radius 2 is 1.72 bits per heavy atom. The lowest BCUT2D eigenvalue weighted by Crippen LogP contribution is -2.34. The molecular weight excluding hydrogens is 222 g/mol. The van der Waals surface area contributed by atoms with Crippen LogP contribution in [0.1, 0.15) is 37.7 Å². The highest BCUT2D eigenvalue weighted by Crippen LogP contribution is 2.37. The molecule has 2 bridgehead atoms. The summed E-state index contributed by atoms with van der Waals surface area (Å²) < 4.78 is 0. The highest BCUT2D eigenvalue weighted by atomic mass is 16.3. The van der Waals surface area contributed by atoms with Gasteiger partial charge >= 0.3 is 0 Å². The lowest BCUT2D eigenvalue weighted by molar-refractivity contribution is 0.167. The minimum atomic E-state index is 0.377. The van der Waals surface area contributed by atoms with Crippen LogP contribution in [0, 0.1) is 5.92 Å². The fraction of sp³-hybridized carbons (Fsp3) is 0.625. The Hall–Kier alpha value is -0.860. The first-order valence-electron chi connectivity index (χ1n) is 7.27. The molecule has 3 atom stereocenters. The van der Waals surface area contributed by atoms with Gasteiger partial charge in [-0.2, -0.15) is 0 Å². The molecule has 0 aromatic heterocycles. The van der Waals surface area contributed by atoms with Crippen LogP contribution in [0.25, 0.3) is 0 Å². The lowest BCUT2D eigenvalue weighted by Gasteiger charge is -2.28. The van der Waals surface area contributed by atoms with E-state index in [1.165, 1.54) is 37.7 Å². The zero-order valence-corrected chi connectivity index (χ0v) is 11.0. The second-order valence-corrected chi connectivity index (χ2v) is 5.90. The maximum absolute atomic E-state index is 9.40. The van der Waals surface area contributed by atoms with Gasteiger partial charge in [-0.25, -0.2) is 0 Å². The first-order valence-corrected chi connectivity index (χ1v) is 7.27. The molecule has 2 fully saturated rings. The number of aliphatic hydroxyl groups is 1. The van der Waals surface area contributed by atoms with Crippen molar-refractivity contribution >= 4 is 0 Å². The molecule has 2 heteroatoms. The first-order chi connectivity index (χ1) is 8.86. The zero-order chi connectivity index (χ0) is 12.4. The fourth-order valence-corrected chi connectivity index (χ4v) is 3.73. The summed E-state index contributed by atoms with van der Waals surface area (Å²) in [7, 11) is 0. The highest BCUT2D eigenvalue weighted by molar-refractivity contribution is 5.15. The molecule has 1 aromatic carbocycles. The zero-order valence-electron chi connectivity index (χ0n) is 11.0. The number of hydrogen-bond acceptors (Lipinski definition) is 2. The molecule has 2 aliphatic rings. The Kier molecular flexibility index (Phi) is 3.67. The van der Waals surface area contributed by atoms with Gasteiger partial charge in [0, 0.05) is 25.2 Å². The van der Waals surface area contributed by atoms with Crippen molar-refractivity contribution in [3.63, 3.8) is 0 Å². The van der Waals surface area contributed by atoms with Gasteiger partial charge in [0.1, 0.15) is 0 Å². The minimum Gasteiger partial charge on any atom is -0.396 e. The number of fused-ring (bicyclic) bond motifs is 2. The third kappa shape index (κ3) is 2.45. The third-order valence-corrected chi connectivity index (χ3v) is 4.75. The molecular formula is C16H23NO. The third-order valence-electron chi connectivity index (χ3n) is 4.75. The van der Waals surface area contributed by atoms with Crippen molar-refractivity contribution in [2.75, 3.05) is 6.61 Å². The summed E-state index contributed by atoms with van der Waals surface area (Å²) in [6.45, 7) is 1.47. The highest BCUT2D eigenvalue weighted by Gasteiger charge is 2.37. The molecule has 98 valence electrons. The van der Waals surface area contributed by atoms with E-state index in [4.69, 9.17) is 0 Å². The van der Waals surface area contributed by atoms with Crippen molar-refractivity contribution in [1.82, 2.24) is 4.90 Å². The summed E-state index contributed by atoms with van der Waals surface area (Å²) in [6, 6.07) is 12.3. The van der Waals surface area contributed by atoms with Gasteiger partial charge in [-0.15, -0.1) is 0 Å². The molecule has 2 nitrogen and oxygen atoms in total. The van der Waals surface area contributed by atoms with Gasteiger partial charge < -0.3 is 5.11 Å². The van der Waals surface area contributed by atoms with E-state index in [1.807, 2.05) is 0 Å². The average molecular weight is 245 g/mol. The quantitative estimate of drug-likeness (QED) is 0.885. The topological polar surface area (TPSA) is 23.5 Å². The van der Waals surface area contributed by atoms with Crippen LogP contribution in [-0.2, 0) is 6.54 Å². The van der Waals surface area contributed by atoms with E-state index >= 15 is 0 Å². The van der Waals surface area contributed by atoms with Crippen LogP contribution in [0.5, 0.6) is 0 Å². The largest absolute Gasteiger partial charge is 0.396 e. The van der Waals surface area contributed by atoms with Crippen molar-refractivity contribution in [2.45, 2.75) is 50.7 Å². The lowest BCUT2D eigenvalue weighted by atomic mass is 9.92. The first kappa shape index (κ1) is 12.2. The maximum Gasteiger partial charge on any atom is 0.0459 e. The molecule has 0 radical (unpaired) electrons. The maximum atomic E-state index is 9.40. The normalized spacial score (nSPS) is 32.4. The van der Waals surface area contributed by atoms with Gasteiger partial charge in [-0.05, 0) is 43.6 Å². The summed E-state index contributed by atoms with van der Waals surface area (Å²) in [5.41, 5.74) is 1.43. The molecule has 18 heavy (non-hydrogen) atoms. The standard InChI is InChI=1S/C16H23NO/c18-12-14-6-7-15-8-9-16(10-14)17(15)11-13-4-2-1-3-5-13/h1-5,14-16,18H,6-12H2/t14?,15-,16-/m1/s1. The van der Waals surface area contributed by atoms with E-state index in [9.17, 15) is 5.11 Å². The smallest absolute Gasteiger partial charge is 0.0459 e. The van der Waals surface area contributed by atoms with E-state index in [1.54, 1.807) is 0 Å². The predicted molar refractivity (Wildman–Crippen MR) is 73.2 cm³/mol. The van der Waals surface area contributed by atoms with Gasteiger partial charge in [0.15, 0.2) is 0 Å². The Morgan fingerprint density at radius 1 is 1.00 bits per heavy atom. The minimum absolute atomic E-state index is 0.377. The summed E-state index contributed by atoms with van der Waals surface area (Å²) in [6.07, 6.45) is 6.36. The number of rotatable bonds is 3. The van der Waals surface area contributed by atoms with Crippen LogP contribution in [0.4, 0.5) is 0 Å². The van der Waals surface area contributed by atoms with E-state index in [-0.39, 0.29) is 0 Å². The predicted octanol–water partition coefficient (Wildman–Crippen LogP) is 2.81. The molecule has 1 N–H and O–H groups in total. The molecule has 2 heterocycles. The van der Waals surface area contributed by atoms with E-state index in [2.05, 4.69) is 35.2 Å². The Bertz CT molecular complexity index is 378.